The first-order chi connectivity index (χ1) is 6.93. The van der Waals surface area contributed by atoms with Crippen LogP contribution in [0.5, 0.6) is 0 Å². The molecule has 0 aromatic heterocycles. The second-order valence-corrected chi connectivity index (χ2v) is 7.02. The summed E-state index contributed by atoms with van der Waals surface area (Å²) in [4.78, 5) is 0. The summed E-state index contributed by atoms with van der Waals surface area (Å²) in [5.41, 5.74) is 0. The van der Waals surface area contributed by atoms with E-state index in [4.69, 9.17) is 0 Å². The molecule has 0 spiro atoms. The van der Waals surface area contributed by atoms with Crippen molar-refractivity contribution in [3.05, 3.63) is 0 Å². The normalized spacial score (nSPS) is 48.0. The SMILES string of the molecule is C1CC[C@@H]2S[C@@H]3CCCC[C@H]3C[C@@H]2C1. The molecule has 0 aromatic rings. The number of thioether (sulfide) groups is 1. The Hall–Kier alpha value is 0.350. The van der Waals surface area contributed by atoms with Gasteiger partial charge in [0.25, 0.3) is 0 Å². The third kappa shape index (κ3) is 1.73. The molecule has 0 amide bonds. The van der Waals surface area contributed by atoms with E-state index in [-0.39, 0.29) is 0 Å². The van der Waals surface area contributed by atoms with Crippen molar-refractivity contribution < 1.29 is 0 Å². The highest BCUT2D eigenvalue weighted by molar-refractivity contribution is 8.00. The van der Waals surface area contributed by atoms with Crippen LogP contribution in [-0.4, -0.2) is 10.5 Å². The maximum atomic E-state index is 2.40. The van der Waals surface area contributed by atoms with Crippen molar-refractivity contribution >= 4 is 11.8 Å². The average Bonchev–Trinajstić information content (AvgIpc) is 2.26. The molecule has 80 valence electrons. The zero-order valence-electron chi connectivity index (χ0n) is 9.08. The zero-order valence-corrected chi connectivity index (χ0v) is 9.90. The summed E-state index contributed by atoms with van der Waals surface area (Å²) in [6.07, 6.45) is 13.9. The van der Waals surface area contributed by atoms with Crippen LogP contribution in [0.2, 0.25) is 0 Å². The van der Waals surface area contributed by atoms with Crippen molar-refractivity contribution in [3.8, 4) is 0 Å². The van der Waals surface area contributed by atoms with Gasteiger partial charge < -0.3 is 0 Å². The Morgan fingerprint density at radius 1 is 0.643 bits per heavy atom. The predicted octanol–water partition coefficient (Wildman–Crippen LogP) is 4.24. The van der Waals surface area contributed by atoms with Crippen LogP contribution in [0.15, 0.2) is 0 Å². The molecule has 4 atom stereocenters. The topological polar surface area (TPSA) is 0 Å². The summed E-state index contributed by atoms with van der Waals surface area (Å²) in [7, 11) is 0. The van der Waals surface area contributed by atoms with Crippen LogP contribution in [0.25, 0.3) is 0 Å². The molecule has 3 aliphatic rings. The zero-order chi connectivity index (χ0) is 9.38. The number of rotatable bonds is 0. The molecule has 0 aromatic carbocycles. The summed E-state index contributed by atoms with van der Waals surface area (Å²) >= 11 is 2.40. The quantitative estimate of drug-likeness (QED) is 0.576. The molecule has 2 saturated carbocycles. The van der Waals surface area contributed by atoms with E-state index < -0.39 is 0 Å². The summed E-state index contributed by atoms with van der Waals surface area (Å²) in [5.74, 6) is 2.24. The highest BCUT2D eigenvalue weighted by Crippen LogP contribution is 2.50. The van der Waals surface area contributed by atoms with E-state index >= 15 is 0 Å². The molecule has 0 bridgehead atoms. The lowest BCUT2D eigenvalue weighted by atomic mass is 9.76. The van der Waals surface area contributed by atoms with Crippen LogP contribution in [0.4, 0.5) is 0 Å². The van der Waals surface area contributed by atoms with Gasteiger partial charge >= 0.3 is 0 Å². The molecule has 14 heavy (non-hydrogen) atoms. The molecule has 0 unspecified atom stereocenters. The molecular weight excluding hydrogens is 188 g/mol. The Balaban J connectivity index is 1.68. The van der Waals surface area contributed by atoms with Gasteiger partial charge in [0.15, 0.2) is 0 Å². The van der Waals surface area contributed by atoms with Crippen LogP contribution in [-0.2, 0) is 0 Å². The van der Waals surface area contributed by atoms with E-state index in [9.17, 15) is 0 Å². The Kier molecular flexibility index (Phi) is 2.79. The van der Waals surface area contributed by atoms with Gasteiger partial charge in [-0.3, -0.25) is 0 Å². The van der Waals surface area contributed by atoms with Crippen molar-refractivity contribution in [2.24, 2.45) is 11.8 Å². The molecule has 0 nitrogen and oxygen atoms in total. The van der Waals surface area contributed by atoms with Crippen LogP contribution in [0.3, 0.4) is 0 Å². The van der Waals surface area contributed by atoms with E-state index in [1.54, 1.807) is 32.1 Å². The third-order valence-electron chi connectivity index (χ3n) is 4.63. The van der Waals surface area contributed by atoms with Crippen LogP contribution in [0.1, 0.15) is 57.8 Å². The van der Waals surface area contributed by atoms with Crippen molar-refractivity contribution in [2.45, 2.75) is 68.3 Å². The summed E-state index contributed by atoms with van der Waals surface area (Å²) in [6.45, 7) is 0. The number of fused-ring (bicyclic) bond motifs is 2. The second-order valence-electron chi connectivity index (χ2n) is 5.54. The van der Waals surface area contributed by atoms with E-state index in [1.807, 2.05) is 0 Å². The fourth-order valence-corrected chi connectivity index (χ4v) is 5.85. The summed E-state index contributed by atoms with van der Waals surface area (Å²) in [6, 6.07) is 0. The molecule has 0 radical (unpaired) electrons. The Labute approximate surface area is 92.2 Å². The predicted molar refractivity (Wildman–Crippen MR) is 63.7 cm³/mol. The van der Waals surface area contributed by atoms with Crippen LogP contribution >= 0.6 is 11.8 Å². The molecule has 0 N–H and O–H groups in total. The maximum absolute atomic E-state index is 2.40. The van der Waals surface area contributed by atoms with Gasteiger partial charge in [0.05, 0.1) is 0 Å². The van der Waals surface area contributed by atoms with Gasteiger partial charge in [-0.25, -0.2) is 0 Å². The first-order valence-corrected chi connectivity index (χ1v) is 7.53. The summed E-state index contributed by atoms with van der Waals surface area (Å²) in [5, 5.41) is 2.14. The van der Waals surface area contributed by atoms with Crippen LogP contribution in [0, 0.1) is 11.8 Å². The lowest BCUT2D eigenvalue weighted by Gasteiger charge is -2.45. The lowest BCUT2D eigenvalue weighted by molar-refractivity contribution is 0.238. The van der Waals surface area contributed by atoms with E-state index in [1.165, 1.54) is 25.7 Å². The molecule has 2 aliphatic carbocycles. The van der Waals surface area contributed by atoms with E-state index in [0.29, 0.717) is 0 Å². The maximum Gasteiger partial charge on any atom is 0.00783 e. The molecular formula is C13H22S. The van der Waals surface area contributed by atoms with Gasteiger partial charge in [-0.05, 0) is 43.9 Å². The minimum Gasteiger partial charge on any atom is -0.155 e. The van der Waals surface area contributed by atoms with E-state index in [2.05, 4.69) is 11.8 Å². The molecule has 1 saturated heterocycles. The minimum atomic E-state index is 1.07. The Bertz CT molecular complexity index is 159. The fourth-order valence-electron chi connectivity index (χ4n) is 3.86. The van der Waals surface area contributed by atoms with Gasteiger partial charge in [0.1, 0.15) is 0 Å². The van der Waals surface area contributed by atoms with Gasteiger partial charge in [-0.2, -0.15) is 11.8 Å². The van der Waals surface area contributed by atoms with Crippen molar-refractivity contribution in [1.82, 2.24) is 0 Å². The van der Waals surface area contributed by atoms with Crippen molar-refractivity contribution in [3.63, 3.8) is 0 Å². The molecule has 1 heterocycles. The standard InChI is InChI=1S/C13H22S/c1-3-7-12-10(5-1)9-11-6-2-4-8-13(11)14-12/h10-13H,1-9H2/t10-,11-,12-,13+/m0/s1. The highest BCUT2D eigenvalue weighted by Gasteiger charge is 2.39. The molecule has 1 aliphatic heterocycles. The fraction of sp³-hybridized carbons (Fsp3) is 1.00. The number of hydrogen-bond donors (Lipinski definition) is 0. The highest BCUT2D eigenvalue weighted by atomic mass is 32.2. The second kappa shape index (κ2) is 4.08. The molecule has 3 fully saturated rings. The van der Waals surface area contributed by atoms with Crippen LogP contribution < -0.4 is 0 Å². The average molecular weight is 210 g/mol. The lowest BCUT2D eigenvalue weighted by Crippen LogP contribution is -2.37. The van der Waals surface area contributed by atoms with E-state index in [0.717, 1.165) is 22.3 Å². The Morgan fingerprint density at radius 2 is 1.14 bits per heavy atom. The number of hydrogen-bond acceptors (Lipinski definition) is 1. The van der Waals surface area contributed by atoms with Gasteiger partial charge in [-0.1, -0.05) is 25.7 Å². The molecule has 3 rings (SSSR count). The summed E-state index contributed by atoms with van der Waals surface area (Å²) < 4.78 is 0. The van der Waals surface area contributed by atoms with Crippen molar-refractivity contribution in [1.29, 1.82) is 0 Å². The minimum absolute atomic E-state index is 1.07. The first kappa shape index (κ1) is 9.57. The monoisotopic (exact) mass is 210 g/mol. The van der Waals surface area contributed by atoms with Crippen molar-refractivity contribution in [2.75, 3.05) is 0 Å². The smallest absolute Gasteiger partial charge is 0.00783 e. The van der Waals surface area contributed by atoms with Gasteiger partial charge in [0, 0.05) is 10.5 Å². The van der Waals surface area contributed by atoms with Gasteiger partial charge in [0.2, 0.25) is 0 Å². The third-order valence-corrected chi connectivity index (χ3v) is 6.57. The first-order valence-electron chi connectivity index (χ1n) is 6.59. The largest absolute Gasteiger partial charge is 0.155 e. The Morgan fingerprint density at radius 3 is 1.71 bits per heavy atom. The van der Waals surface area contributed by atoms with Gasteiger partial charge in [-0.15, -0.1) is 0 Å². The molecule has 1 heteroatoms.